The van der Waals surface area contributed by atoms with Gasteiger partial charge in [0.15, 0.2) is 0 Å². The average Bonchev–Trinajstić information content (AvgIpc) is 2.69. The number of hydrogen-bond donors (Lipinski definition) is 1. The molecule has 28 heavy (non-hydrogen) atoms. The summed E-state index contributed by atoms with van der Waals surface area (Å²) in [5.74, 6) is 0.696. The predicted molar refractivity (Wildman–Crippen MR) is 113 cm³/mol. The molecular formula is C22H22N2O3S. The van der Waals surface area contributed by atoms with Crippen LogP contribution in [0.15, 0.2) is 82.7 Å². The monoisotopic (exact) mass is 394 g/mol. The third kappa shape index (κ3) is 5.20. The van der Waals surface area contributed by atoms with Gasteiger partial charge in [0.2, 0.25) is 0 Å². The van der Waals surface area contributed by atoms with E-state index in [1.807, 2.05) is 38.1 Å². The summed E-state index contributed by atoms with van der Waals surface area (Å²) in [4.78, 5) is 4.56. The van der Waals surface area contributed by atoms with Crippen molar-refractivity contribution >= 4 is 27.6 Å². The first-order valence-corrected chi connectivity index (χ1v) is 10.4. The minimum atomic E-state index is -3.67. The number of benzene rings is 3. The van der Waals surface area contributed by atoms with Crippen molar-refractivity contribution in [1.82, 2.24) is 0 Å². The lowest BCUT2D eigenvalue weighted by atomic mass is 10.2. The summed E-state index contributed by atoms with van der Waals surface area (Å²) in [6, 6.07) is 21.2. The van der Waals surface area contributed by atoms with Crippen LogP contribution < -0.4 is 9.46 Å². The van der Waals surface area contributed by atoms with Gasteiger partial charge in [0.1, 0.15) is 5.75 Å². The van der Waals surface area contributed by atoms with E-state index >= 15 is 0 Å². The third-order valence-corrected chi connectivity index (χ3v) is 5.40. The van der Waals surface area contributed by atoms with Crippen molar-refractivity contribution in [2.75, 3.05) is 11.3 Å². The Morgan fingerprint density at radius 2 is 1.57 bits per heavy atom. The fraction of sp³-hybridized carbons (Fsp3) is 0.136. The van der Waals surface area contributed by atoms with E-state index in [2.05, 4.69) is 9.71 Å². The van der Waals surface area contributed by atoms with Crippen LogP contribution in [-0.2, 0) is 10.0 Å². The number of aliphatic imine (C=N–C) groups is 1. The summed E-state index contributed by atoms with van der Waals surface area (Å²) in [6.45, 7) is 4.48. The van der Waals surface area contributed by atoms with Crippen LogP contribution in [0.3, 0.4) is 0 Å². The Morgan fingerprint density at radius 3 is 2.18 bits per heavy atom. The highest BCUT2D eigenvalue weighted by atomic mass is 32.2. The number of hydrogen-bond acceptors (Lipinski definition) is 4. The van der Waals surface area contributed by atoms with E-state index in [4.69, 9.17) is 4.74 Å². The van der Waals surface area contributed by atoms with Gasteiger partial charge < -0.3 is 4.74 Å². The molecule has 0 atom stereocenters. The molecule has 0 unspecified atom stereocenters. The molecule has 5 nitrogen and oxygen atoms in total. The molecule has 0 bridgehead atoms. The number of anilines is 1. The molecule has 6 heteroatoms. The molecule has 144 valence electrons. The maximum atomic E-state index is 12.6. The zero-order chi connectivity index (χ0) is 20.0. The van der Waals surface area contributed by atoms with Gasteiger partial charge in [-0.15, -0.1) is 0 Å². The van der Waals surface area contributed by atoms with Crippen molar-refractivity contribution in [3.05, 3.63) is 83.9 Å². The topological polar surface area (TPSA) is 67.8 Å². The molecule has 0 saturated carbocycles. The van der Waals surface area contributed by atoms with Gasteiger partial charge in [-0.05, 0) is 67.9 Å². The van der Waals surface area contributed by atoms with Gasteiger partial charge in [0, 0.05) is 11.9 Å². The number of nitrogens with zero attached hydrogens (tertiary/aromatic N) is 1. The van der Waals surface area contributed by atoms with Crippen molar-refractivity contribution in [3.8, 4) is 5.75 Å². The van der Waals surface area contributed by atoms with Gasteiger partial charge in [0.05, 0.1) is 17.2 Å². The number of nitrogens with one attached hydrogen (secondary N) is 1. The van der Waals surface area contributed by atoms with Crippen molar-refractivity contribution in [3.63, 3.8) is 0 Å². The molecule has 0 radical (unpaired) electrons. The minimum Gasteiger partial charge on any atom is -0.494 e. The van der Waals surface area contributed by atoms with Crippen LogP contribution in [0.1, 0.15) is 18.1 Å². The molecule has 0 heterocycles. The molecule has 3 aromatic carbocycles. The Kier molecular flexibility index (Phi) is 6.11. The molecule has 3 aromatic rings. The van der Waals surface area contributed by atoms with E-state index < -0.39 is 10.0 Å². The van der Waals surface area contributed by atoms with Crippen molar-refractivity contribution in [2.45, 2.75) is 18.7 Å². The molecule has 0 aliphatic heterocycles. The van der Waals surface area contributed by atoms with E-state index in [1.165, 1.54) is 5.56 Å². The second kappa shape index (κ2) is 8.71. The van der Waals surface area contributed by atoms with Gasteiger partial charge >= 0.3 is 0 Å². The summed E-state index contributed by atoms with van der Waals surface area (Å²) in [5.41, 5.74) is 3.33. The fourth-order valence-electron chi connectivity index (χ4n) is 2.51. The Morgan fingerprint density at radius 1 is 0.929 bits per heavy atom. The van der Waals surface area contributed by atoms with E-state index in [0.29, 0.717) is 23.7 Å². The van der Waals surface area contributed by atoms with Crippen molar-refractivity contribution in [2.24, 2.45) is 4.99 Å². The smallest absolute Gasteiger partial charge is 0.261 e. The van der Waals surface area contributed by atoms with E-state index in [0.717, 1.165) is 5.56 Å². The Balaban J connectivity index is 1.69. The largest absolute Gasteiger partial charge is 0.494 e. The van der Waals surface area contributed by atoms with Crippen molar-refractivity contribution in [1.29, 1.82) is 0 Å². The molecule has 0 spiro atoms. The summed E-state index contributed by atoms with van der Waals surface area (Å²) >= 11 is 0. The van der Waals surface area contributed by atoms with Crippen LogP contribution in [0, 0.1) is 6.92 Å². The highest BCUT2D eigenvalue weighted by molar-refractivity contribution is 7.92. The summed E-state index contributed by atoms with van der Waals surface area (Å²) in [7, 11) is -3.67. The van der Waals surface area contributed by atoms with Crippen LogP contribution in [0.2, 0.25) is 0 Å². The van der Waals surface area contributed by atoms with E-state index in [9.17, 15) is 8.42 Å². The zero-order valence-corrected chi connectivity index (χ0v) is 16.6. The molecule has 1 N–H and O–H groups in total. The number of sulfonamides is 1. The molecule has 0 amide bonds. The summed E-state index contributed by atoms with van der Waals surface area (Å²) < 4.78 is 33.0. The summed E-state index contributed by atoms with van der Waals surface area (Å²) in [6.07, 6.45) is 1.75. The van der Waals surface area contributed by atoms with Gasteiger partial charge in [0.25, 0.3) is 10.0 Å². The molecule has 3 rings (SSSR count). The second-order valence-electron chi connectivity index (χ2n) is 6.23. The molecule has 0 saturated heterocycles. The van der Waals surface area contributed by atoms with Gasteiger partial charge in [-0.3, -0.25) is 9.71 Å². The highest BCUT2D eigenvalue weighted by Gasteiger charge is 2.14. The molecule has 0 aliphatic rings. The van der Waals surface area contributed by atoms with Gasteiger partial charge in [-0.2, -0.15) is 0 Å². The highest BCUT2D eigenvalue weighted by Crippen LogP contribution is 2.21. The SMILES string of the molecule is CCOc1ccc(NS(=O)(=O)c2ccc(N=Cc3ccc(C)cc3)cc2)cc1. The molecule has 0 aliphatic carbocycles. The number of aryl methyl sites for hydroxylation is 1. The Bertz CT molecular complexity index is 1040. The maximum Gasteiger partial charge on any atom is 0.261 e. The zero-order valence-electron chi connectivity index (χ0n) is 15.8. The van der Waals surface area contributed by atoms with Gasteiger partial charge in [-0.25, -0.2) is 8.42 Å². The lowest BCUT2D eigenvalue weighted by Gasteiger charge is -2.09. The first-order chi connectivity index (χ1) is 13.5. The predicted octanol–water partition coefficient (Wildman–Crippen LogP) is 4.95. The fourth-order valence-corrected chi connectivity index (χ4v) is 3.57. The Hall–Kier alpha value is -3.12. The lowest BCUT2D eigenvalue weighted by Crippen LogP contribution is -2.12. The first-order valence-electron chi connectivity index (χ1n) is 8.93. The quantitative estimate of drug-likeness (QED) is 0.577. The second-order valence-corrected chi connectivity index (χ2v) is 7.91. The first kappa shape index (κ1) is 19.6. The summed E-state index contributed by atoms with van der Waals surface area (Å²) in [5, 5.41) is 0. The molecule has 0 aromatic heterocycles. The number of ether oxygens (including phenoxy) is 1. The van der Waals surface area contributed by atoms with Crippen molar-refractivity contribution < 1.29 is 13.2 Å². The molecular weight excluding hydrogens is 372 g/mol. The van der Waals surface area contributed by atoms with Crippen LogP contribution in [0.5, 0.6) is 5.75 Å². The third-order valence-electron chi connectivity index (χ3n) is 4.00. The average molecular weight is 394 g/mol. The lowest BCUT2D eigenvalue weighted by molar-refractivity contribution is 0.340. The normalized spacial score (nSPS) is 11.5. The van der Waals surface area contributed by atoms with Gasteiger partial charge in [-0.1, -0.05) is 29.8 Å². The van der Waals surface area contributed by atoms with Crippen LogP contribution in [0.25, 0.3) is 0 Å². The molecule has 0 fully saturated rings. The van der Waals surface area contributed by atoms with E-state index in [1.54, 1.807) is 54.7 Å². The standard InChI is InChI=1S/C22H22N2O3S/c1-3-27-21-12-8-20(9-13-21)24-28(25,26)22-14-10-19(11-15-22)23-16-18-6-4-17(2)5-7-18/h4-16,24H,3H2,1-2H3. The van der Waals surface area contributed by atoms with Crippen LogP contribution in [0.4, 0.5) is 11.4 Å². The Labute approximate surface area is 165 Å². The minimum absolute atomic E-state index is 0.177. The maximum absolute atomic E-state index is 12.6. The number of rotatable bonds is 7. The van der Waals surface area contributed by atoms with E-state index in [-0.39, 0.29) is 4.90 Å². The van der Waals surface area contributed by atoms with Crippen LogP contribution in [-0.4, -0.2) is 21.2 Å². The van der Waals surface area contributed by atoms with Crippen LogP contribution >= 0.6 is 0 Å².